The minimum Gasteiger partial charge on any atom is -0.363 e. The van der Waals surface area contributed by atoms with Crippen LogP contribution in [0.2, 0.25) is 5.02 Å². The van der Waals surface area contributed by atoms with E-state index in [4.69, 9.17) is 11.6 Å². The Morgan fingerprint density at radius 3 is 2.86 bits per heavy atom. The van der Waals surface area contributed by atoms with Gasteiger partial charge in [-0.25, -0.2) is 9.97 Å². The SMILES string of the molecule is CN(C)c1cc(Cl)c2cccnc2n1. The summed E-state index contributed by atoms with van der Waals surface area (Å²) in [7, 11) is 3.85. The van der Waals surface area contributed by atoms with Crippen LogP contribution in [0.5, 0.6) is 0 Å². The molecule has 2 aromatic heterocycles. The van der Waals surface area contributed by atoms with Crippen LogP contribution in [0.15, 0.2) is 24.4 Å². The van der Waals surface area contributed by atoms with Gasteiger partial charge in [0.05, 0.1) is 5.02 Å². The predicted octanol–water partition coefficient (Wildman–Crippen LogP) is 2.35. The van der Waals surface area contributed by atoms with Gasteiger partial charge < -0.3 is 4.90 Å². The maximum atomic E-state index is 6.10. The van der Waals surface area contributed by atoms with E-state index in [1.807, 2.05) is 37.2 Å². The van der Waals surface area contributed by atoms with Crippen molar-refractivity contribution in [2.24, 2.45) is 0 Å². The molecule has 0 N–H and O–H groups in total. The molecule has 2 heterocycles. The van der Waals surface area contributed by atoms with Gasteiger partial charge in [-0.05, 0) is 12.1 Å². The first-order valence-corrected chi connectivity index (χ1v) is 4.65. The van der Waals surface area contributed by atoms with Gasteiger partial charge in [0.1, 0.15) is 5.82 Å². The van der Waals surface area contributed by atoms with E-state index in [0.29, 0.717) is 10.7 Å². The Hall–Kier alpha value is -1.35. The highest BCUT2D eigenvalue weighted by Gasteiger charge is 2.05. The van der Waals surface area contributed by atoms with Crippen LogP contribution in [0.25, 0.3) is 11.0 Å². The first-order valence-electron chi connectivity index (χ1n) is 4.27. The molecule has 2 rings (SSSR count). The van der Waals surface area contributed by atoms with Crippen molar-refractivity contribution in [1.82, 2.24) is 9.97 Å². The zero-order valence-electron chi connectivity index (χ0n) is 8.03. The van der Waals surface area contributed by atoms with Crippen LogP contribution >= 0.6 is 11.6 Å². The van der Waals surface area contributed by atoms with E-state index < -0.39 is 0 Å². The largest absolute Gasteiger partial charge is 0.363 e. The van der Waals surface area contributed by atoms with Crippen LogP contribution in [-0.2, 0) is 0 Å². The predicted molar refractivity (Wildman–Crippen MR) is 58.9 cm³/mol. The van der Waals surface area contributed by atoms with Gasteiger partial charge in [0.15, 0.2) is 5.65 Å². The number of rotatable bonds is 1. The van der Waals surface area contributed by atoms with Crippen molar-refractivity contribution in [3.8, 4) is 0 Å². The van der Waals surface area contributed by atoms with Gasteiger partial charge >= 0.3 is 0 Å². The van der Waals surface area contributed by atoms with Crippen LogP contribution in [0.4, 0.5) is 5.82 Å². The minimum absolute atomic E-state index is 0.684. The topological polar surface area (TPSA) is 29.0 Å². The lowest BCUT2D eigenvalue weighted by molar-refractivity contribution is 1.07. The van der Waals surface area contributed by atoms with Crippen molar-refractivity contribution in [3.63, 3.8) is 0 Å². The summed E-state index contributed by atoms with van der Waals surface area (Å²) in [6.45, 7) is 0. The Labute approximate surface area is 87.3 Å². The maximum Gasteiger partial charge on any atom is 0.163 e. The average molecular weight is 208 g/mol. The van der Waals surface area contributed by atoms with Gasteiger partial charge in [-0.2, -0.15) is 0 Å². The molecule has 0 spiro atoms. The highest BCUT2D eigenvalue weighted by Crippen LogP contribution is 2.24. The number of pyridine rings is 2. The highest BCUT2D eigenvalue weighted by molar-refractivity contribution is 6.35. The number of anilines is 1. The smallest absolute Gasteiger partial charge is 0.163 e. The second-order valence-corrected chi connectivity index (χ2v) is 3.64. The van der Waals surface area contributed by atoms with E-state index in [2.05, 4.69) is 9.97 Å². The third-order valence-corrected chi connectivity index (χ3v) is 2.29. The quantitative estimate of drug-likeness (QED) is 0.719. The zero-order valence-corrected chi connectivity index (χ0v) is 8.78. The van der Waals surface area contributed by atoms with Gasteiger partial charge in [0.2, 0.25) is 0 Å². The fourth-order valence-corrected chi connectivity index (χ4v) is 1.48. The maximum absolute atomic E-state index is 6.10. The summed E-state index contributed by atoms with van der Waals surface area (Å²) in [6, 6.07) is 5.61. The molecule has 0 bridgehead atoms. The van der Waals surface area contributed by atoms with Crippen molar-refractivity contribution in [1.29, 1.82) is 0 Å². The second kappa shape index (κ2) is 3.42. The first-order chi connectivity index (χ1) is 6.68. The van der Waals surface area contributed by atoms with Crippen molar-refractivity contribution in [2.45, 2.75) is 0 Å². The fraction of sp³-hybridized carbons (Fsp3) is 0.200. The highest BCUT2D eigenvalue weighted by atomic mass is 35.5. The Kier molecular flexibility index (Phi) is 2.25. The standard InChI is InChI=1S/C10H10ClN3/c1-14(2)9-6-8(11)7-4-3-5-12-10(7)13-9/h3-6H,1-2H3. The van der Waals surface area contributed by atoms with E-state index >= 15 is 0 Å². The average Bonchev–Trinajstić information content (AvgIpc) is 2.17. The van der Waals surface area contributed by atoms with E-state index in [1.165, 1.54) is 0 Å². The molecular formula is C10H10ClN3. The molecule has 0 fully saturated rings. The van der Waals surface area contributed by atoms with Crippen LogP contribution in [-0.4, -0.2) is 24.1 Å². The third-order valence-electron chi connectivity index (χ3n) is 1.98. The molecule has 0 aliphatic carbocycles. The lowest BCUT2D eigenvalue weighted by Crippen LogP contribution is -2.10. The summed E-state index contributed by atoms with van der Waals surface area (Å²) in [4.78, 5) is 10.4. The Balaban J connectivity index is 2.72. The first kappa shape index (κ1) is 9.21. The number of nitrogens with zero attached hydrogens (tertiary/aromatic N) is 3. The molecule has 0 aliphatic heterocycles. The lowest BCUT2D eigenvalue weighted by atomic mass is 10.3. The molecule has 0 saturated carbocycles. The Morgan fingerprint density at radius 1 is 1.36 bits per heavy atom. The molecule has 0 aromatic carbocycles. The molecule has 3 nitrogen and oxygen atoms in total. The second-order valence-electron chi connectivity index (χ2n) is 3.23. The van der Waals surface area contributed by atoms with Crippen molar-refractivity contribution >= 4 is 28.5 Å². The zero-order chi connectivity index (χ0) is 10.1. The van der Waals surface area contributed by atoms with Crippen LogP contribution in [0.1, 0.15) is 0 Å². The normalized spacial score (nSPS) is 10.5. The summed E-state index contributed by atoms with van der Waals surface area (Å²) in [5.41, 5.74) is 0.684. The number of halogens is 1. The molecule has 72 valence electrons. The van der Waals surface area contributed by atoms with Crippen LogP contribution in [0.3, 0.4) is 0 Å². The lowest BCUT2D eigenvalue weighted by Gasteiger charge is -2.11. The van der Waals surface area contributed by atoms with Crippen molar-refractivity contribution in [2.75, 3.05) is 19.0 Å². The van der Waals surface area contributed by atoms with Crippen LogP contribution < -0.4 is 4.90 Å². The monoisotopic (exact) mass is 207 g/mol. The molecule has 0 radical (unpaired) electrons. The number of fused-ring (bicyclic) bond motifs is 1. The van der Waals surface area contributed by atoms with Crippen LogP contribution in [0, 0.1) is 0 Å². The summed E-state index contributed by atoms with van der Waals surface area (Å²) in [5, 5.41) is 1.58. The third kappa shape index (κ3) is 1.51. The molecule has 0 saturated heterocycles. The van der Waals surface area contributed by atoms with E-state index in [-0.39, 0.29) is 0 Å². The van der Waals surface area contributed by atoms with Crippen molar-refractivity contribution in [3.05, 3.63) is 29.4 Å². The molecule has 2 aromatic rings. The Morgan fingerprint density at radius 2 is 2.14 bits per heavy atom. The fourth-order valence-electron chi connectivity index (χ4n) is 1.23. The van der Waals surface area contributed by atoms with Gasteiger partial charge in [0, 0.05) is 31.7 Å². The molecule has 4 heteroatoms. The van der Waals surface area contributed by atoms with E-state index in [0.717, 1.165) is 11.2 Å². The molecule has 0 aliphatic rings. The van der Waals surface area contributed by atoms with Gasteiger partial charge in [-0.3, -0.25) is 0 Å². The van der Waals surface area contributed by atoms with Gasteiger partial charge in [-0.1, -0.05) is 11.6 Å². The van der Waals surface area contributed by atoms with Crippen molar-refractivity contribution < 1.29 is 0 Å². The van der Waals surface area contributed by atoms with E-state index in [1.54, 1.807) is 6.20 Å². The molecule has 0 unspecified atom stereocenters. The summed E-state index contributed by atoms with van der Waals surface area (Å²) in [6.07, 6.45) is 1.71. The summed E-state index contributed by atoms with van der Waals surface area (Å²) >= 11 is 6.10. The number of aromatic nitrogens is 2. The number of hydrogen-bond donors (Lipinski definition) is 0. The molecule has 0 amide bonds. The molecule has 14 heavy (non-hydrogen) atoms. The summed E-state index contributed by atoms with van der Waals surface area (Å²) < 4.78 is 0. The molecular weight excluding hydrogens is 198 g/mol. The summed E-state index contributed by atoms with van der Waals surface area (Å²) in [5.74, 6) is 0.821. The number of hydrogen-bond acceptors (Lipinski definition) is 3. The van der Waals surface area contributed by atoms with E-state index in [9.17, 15) is 0 Å². The van der Waals surface area contributed by atoms with Gasteiger partial charge in [0.25, 0.3) is 0 Å². The molecule has 0 atom stereocenters. The Bertz CT molecular complexity index is 468. The van der Waals surface area contributed by atoms with Gasteiger partial charge in [-0.15, -0.1) is 0 Å². The minimum atomic E-state index is 0.684.